The predicted molar refractivity (Wildman–Crippen MR) is 162 cm³/mol. The molecule has 6 rings (SSSR count). The first-order valence-corrected chi connectivity index (χ1v) is 16.4. The lowest BCUT2D eigenvalue weighted by molar-refractivity contribution is 0.174. The van der Waals surface area contributed by atoms with Gasteiger partial charge in [-0.1, -0.05) is 35.0 Å². The lowest BCUT2D eigenvalue weighted by Crippen LogP contribution is -2.50. The average Bonchev–Trinajstić information content (AvgIpc) is 3.46. The maximum Gasteiger partial charge on any atom is 0.147 e. The maximum absolute atomic E-state index is 13.1. The topological polar surface area (TPSA) is 101 Å². The average molecular weight is 623 g/mol. The lowest BCUT2D eigenvalue weighted by atomic mass is 9.73. The van der Waals surface area contributed by atoms with E-state index in [4.69, 9.17) is 28.2 Å². The van der Waals surface area contributed by atoms with Crippen molar-refractivity contribution in [2.45, 2.75) is 60.7 Å². The minimum absolute atomic E-state index is 0.000864. The first-order valence-electron chi connectivity index (χ1n) is 12.8. The van der Waals surface area contributed by atoms with Gasteiger partial charge < -0.3 is 14.8 Å². The second-order valence-electron chi connectivity index (χ2n) is 11.0. The Morgan fingerprint density at radius 3 is 2.69 bits per heavy atom. The molecule has 1 aromatic carbocycles. The molecule has 13 heteroatoms. The van der Waals surface area contributed by atoms with Crippen LogP contribution in [-0.4, -0.2) is 49.2 Å². The van der Waals surface area contributed by atoms with E-state index in [1.54, 1.807) is 17.5 Å². The van der Waals surface area contributed by atoms with Crippen LogP contribution in [0.4, 0.5) is 11.5 Å². The summed E-state index contributed by atoms with van der Waals surface area (Å²) in [6.07, 6.45) is 6.54. The van der Waals surface area contributed by atoms with Gasteiger partial charge in [0.25, 0.3) is 0 Å². The zero-order chi connectivity index (χ0) is 27.4. The second kappa shape index (κ2) is 10.7. The molecular weight excluding hydrogens is 593 g/mol. The maximum atomic E-state index is 13.1. The Hall–Kier alpha value is -1.60. The fraction of sp³-hybridized carbons (Fsp3) is 0.462. The summed E-state index contributed by atoms with van der Waals surface area (Å²) < 4.78 is 16.2. The number of nitrogens with one attached hydrogen (secondary N) is 2. The summed E-state index contributed by atoms with van der Waals surface area (Å²) in [5, 5.41) is 4.91. The van der Waals surface area contributed by atoms with E-state index in [2.05, 4.69) is 29.9 Å². The number of benzene rings is 1. The van der Waals surface area contributed by atoms with E-state index in [0.717, 1.165) is 65.0 Å². The van der Waals surface area contributed by atoms with Gasteiger partial charge in [0.05, 0.1) is 34.2 Å². The van der Waals surface area contributed by atoms with Gasteiger partial charge in [-0.3, -0.25) is 4.99 Å². The third-order valence-electron chi connectivity index (χ3n) is 7.56. The Balaban J connectivity index is 1.14. The number of halogens is 2. The Morgan fingerprint density at radius 2 is 1.97 bits per heavy atom. The molecule has 3 aliphatic rings. The molecule has 4 heterocycles. The minimum atomic E-state index is -1.17. The first-order chi connectivity index (χ1) is 18.6. The van der Waals surface area contributed by atoms with Gasteiger partial charge in [0.1, 0.15) is 33.5 Å². The van der Waals surface area contributed by atoms with Crippen molar-refractivity contribution in [3.63, 3.8) is 0 Å². The summed E-state index contributed by atoms with van der Waals surface area (Å²) in [7, 11) is 0. The normalized spacial score (nSPS) is 20.8. The Morgan fingerprint density at radius 1 is 1.18 bits per heavy atom. The van der Waals surface area contributed by atoms with Crippen LogP contribution in [-0.2, 0) is 17.8 Å². The highest BCUT2D eigenvalue weighted by Gasteiger charge is 2.52. The Bertz CT molecular complexity index is 1400. The van der Waals surface area contributed by atoms with Gasteiger partial charge in [0.15, 0.2) is 0 Å². The van der Waals surface area contributed by atoms with Crippen LogP contribution >= 0.6 is 46.3 Å². The molecule has 1 fully saturated rings. The van der Waals surface area contributed by atoms with Gasteiger partial charge in [-0.05, 0) is 52.2 Å². The molecule has 1 unspecified atom stereocenters. The number of fused-ring (bicyclic) bond motifs is 2. The molecule has 0 radical (unpaired) electrons. The van der Waals surface area contributed by atoms with Gasteiger partial charge in [-0.25, -0.2) is 15.0 Å². The van der Waals surface area contributed by atoms with E-state index in [9.17, 15) is 4.55 Å². The molecule has 2 aromatic heterocycles. The summed E-state index contributed by atoms with van der Waals surface area (Å²) in [5.41, 5.74) is 4.60. The third-order valence-corrected chi connectivity index (χ3v) is 11.8. The van der Waals surface area contributed by atoms with Gasteiger partial charge in [-0.2, -0.15) is 0 Å². The zero-order valence-corrected chi connectivity index (χ0v) is 25.8. The first kappa shape index (κ1) is 27.6. The fourth-order valence-corrected chi connectivity index (χ4v) is 8.69. The van der Waals surface area contributed by atoms with Gasteiger partial charge >= 0.3 is 0 Å². The molecule has 1 aliphatic carbocycles. The van der Waals surface area contributed by atoms with Crippen LogP contribution in [0.1, 0.15) is 55.8 Å². The van der Waals surface area contributed by atoms with Gasteiger partial charge in [-0.15, -0.1) is 16.1 Å². The van der Waals surface area contributed by atoms with Crippen molar-refractivity contribution in [3.8, 4) is 0 Å². The lowest BCUT2D eigenvalue weighted by Gasteiger charge is -2.43. The summed E-state index contributed by atoms with van der Waals surface area (Å²) in [6.45, 7) is 8.17. The number of aliphatic imine (C=N–C) groups is 1. The molecule has 2 aliphatic heterocycles. The molecule has 0 amide bonds. The molecule has 206 valence electrons. The zero-order valence-electron chi connectivity index (χ0n) is 21.8. The molecule has 2 N–H and O–H groups in total. The van der Waals surface area contributed by atoms with Crippen LogP contribution in [0.5, 0.6) is 0 Å². The number of rotatable bonds is 5. The highest BCUT2D eigenvalue weighted by Crippen LogP contribution is 2.53. The van der Waals surface area contributed by atoms with Crippen LogP contribution in [0.2, 0.25) is 5.02 Å². The summed E-state index contributed by atoms with van der Waals surface area (Å²) in [6, 6.07) is 3.92. The van der Waals surface area contributed by atoms with Crippen molar-refractivity contribution in [1.82, 2.24) is 19.7 Å². The molecule has 1 spiro atoms. The molecule has 0 bridgehead atoms. The Kier molecular flexibility index (Phi) is 7.54. The van der Waals surface area contributed by atoms with E-state index in [1.807, 2.05) is 44.6 Å². The highest BCUT2D eigenvalue weighted by atomic mass is 35.5. The molecule has 39 heavy (non-hydrogen) atoms. The number of piperidine rings is 1. The molecule has 3 aromatic rings. The third kappa shape index (κ3) is 5.27. The van der Waals surface area contributed by atoms with Crippen LogP contribution in [0.25, 0.3) is 0 Å². The van der Waals surface area contributed by atoms with Crippen LogP contribution in [0, 0.1) is 5.41 Å². The molecule has 0 saturated carbocycles. The number of anilines is 2. The van der Waals surface area contributed by atoms with Crippen molar-refractivity contribution in [1.29, 1.82) is 0 Å². The van der Waals surface area contributed by atoms with Crippen molar-refractivity contribution in [3.05, 3.63) is 51.2 Å². The quantitative estimate of drug-likeness (QED) is 0.332. The van der Waals surface area contributed by atoms with Crippen molar-refractivity contribution >= 4 is 74.3 Å². The molecule has 8 nitrogen and oxygen atoms in total. The highest BCUT2D eigenvalue weighted by molar-refractivity contribution is 7.99. The predicted octanol–water partition coefficient (Wildman–Crippen LogP) is 6.04. The van der Waals surface area contributed by atoms with E-state index in [1.165, 1.54) is 16.6 Å². The van der Waals surface area contributed by atoms with Crippen molar-refractivity contribution in [2.24, 2.45) is 10.4 Å². The summed E-state index contributed by atoms with van der Waals surface area (Å²) >= 11 is 15.0. The van der Waals surface area contributed by atoms with E-state index in [0.29, 0.717) is 16.9 Å². The van der Waals surface area contributed by atoms with Gasteiger partial charge in [0.2, 0.25) is 0 Å². The van der Waals surface area contributed by atoms with Crippen molar-refractivity contribution < 1.29 is 4.55 Å². The van der Waals surface area contributed by atoms with Crippen LogP contribution in [0.15, 0.2) is 45.0 Å². The van der Waals surface area contributed by atoms with E-state index < -0.39 is 11.4 Å². The van der Waals surface area contributed by atoms with Gasteiger partial charge in [0, 0.05) is 45.3 Å². The van der Waals surface area contributed by atoms with E-state index >= 15 is 0 Å². The fourth-order valence-electron chi connectivity index (χ4n) is 5.37. The van der Waals surface area contributed by atoms with Crippen LogP contribution in [0.3, 0.4) is 0 Å². The Labute approximate surface area is 249 Å². The van der Waals surface area contributed by atoms with Crippen molar-refractivity contribution in [2.75, 3.05) is 30.0 Å². The number of nitrogens with zero attached hydrogens (tertiary/aromatic N) is 5. The molecule has 1 saturated heterocycles. The number of hydrogen-bond donors (Lipinski definition) is 2. The largest absolute Gasteiger partial charge is 0.598 e. The smallest absolute Gasteiger partial charge is 0.147 e. The molecular formula is C26H29Cl2N7OS3. The summed E-state index contributed by atoms with van der Waals surface area (Å²) in [4.78, 5) is 22.8. The SMILES string of the molecule is CC(C)(C)[S+]([O-])N[C@H]1c2ncsc2CC12CCN(c1cnc(Sc3ccc4c(c3Cl)C(Cl)=NCN4)cn1)CC2. The standard InChI is InChI=1S/C26H29Cl2N7OS3/c1-25(2,3)39(36)34-23-22-17(37-14-33-22)10-26(23)6-8-35(9-7-26)18-11-30-19(12-29-18)38-16-5-4-15-20(21(16)27)24(28)32-13-31-15/h4-5,11-12,14,23,31,34H,6-10,13H2,1-3H3/t23-,39?/m0/s1. The van der Waals surface area contributed by atoms with E-state index in [-0.39, 0.29) is 16.2 Å². The summed E-state index contributed by atoms with van der Waals surface area (Å²) in [5.74, 6) is 0.860. The number of hydrogen-bond acceptors (Lipinski definition) is 10. The number of thiazole rings is 1. The second-order valence-corrected chi connectivity index (χ2v) is 15.8. The number of aromatic nitrogens is 3. The monoisotopic (exact) mass is 621 g/mol. The van der Waals surface area contributed by atoms with Crippen LogP contribution < -0.4 is 14.9 Å². The molecule has 2 atom stereocenters. The minimum Gasteiger partial charge on any atom is -0.598 e.